The molecule has 0 saturated carbocycles. The van der Waals surface area contributed by atoms with Crippen molar-refractivity contribution in [1.82, 2.24) is 10.2 Å². The third-order valence-corrected chi connectivity index (χ3v) is 2.66. The van der Waals surface area contributed by atoms with E-state index < -0.39 is 0 Å². The fourth-order valence-corrected chi connectivity index (χ4v) is 1.55. The fourth-order valence-electron chi connectivity index (χ4n) is 1.55. The second-order valence-electron chi connectivity index (χ2n) is 3.91. The highest BCUT2D eigenvalue weighted by atomic mass is 16.5. The highest BCUT2D eigenvalue weighted by Crippen LogP contribution is 2.18. The number of para-hydroxylation sites is 1. The molecule has 1 aromatic carbocycles. The number of rotatable bonds is 6. The van der Waals surface area contributed by atoms with Gasteiger partial charge < -0.3 is 15.0 Å². The summed E-state index contributed by atoms with van der Waals surface area (Å²) in [6.07, 6.45) is 0.379. The maximum Gasteiger partial charge on any atom is 0.226 e. The van der Waals surface area contributed by atoms with Gasteiger partial charge in [0.1, 0.15) is 5.75 Å². The first-order chi connectivity index (χ1) is 8.19. The van der Waals surface area contributed by atoms with Crippen LogP contribution in [0.4, 0.5) is 0 Å². The summed E-state index contributed by atoms with van der Waals surface area (Å²) in [6.45, 7) is 1.51. The number of nitrogens with one attached hydrogen (secondary N) is 1. The lowest BCUT2D eigenvalue weighted by Gasteiger charge is -2.17. The second-order valence-corrected chi connectivity index (χ2v) is 3.91. The maximum absolute atomic E-state index is 11.9. The molecule has 0 aliphatic rings. The van der Waals surface area contributed by atoms with Crippen LogP contribution in [-0.2, 0) is 11.2 Å². The van der Waals surface area contributed by atoms with Crippen LogP contribution in [-0.4, -0.2) is 45.1 Å². The molecule has 0 atom stereocenters. The van der Waals surface area contributed by atoms with Crippen molar-refractivity contribution in [2.24, 2.45) is 0 Å². The summed E-state index contributed by atoms with van der Waals surface area (Å²) >= 11 is 0. The van der Waals surface area contributed by atoms with Crippen LogP contribution >= 0.6 is 0 Å². The molecule has 0 spiro atoms. The highest BCUT2D eigenvalue weighted by Gasteiger charge is 2.11. The summed E-state index contributed by atoms with van der Waals surface area (Å²) in [5.41, 5.74) is 0.927. The number of ether oxygens (including phenoxy) is 1. The van der Waals surface area contributed by atoms with Crippen LogP contribution in [0.2, 0.25) is 0 Å². The molecule has 0 saturated heterocycles. The van der Waals surface area contributed by atoms with Gasteiger partial charge in [0.05, 0.1) is 13.5 Å². The first-order valence-corrected chi connectivity index (χ1v) is 5.69. The lowest BCUT2D eigenvalue weighted by atomic mass is 10.1. The van der Waals surface area contributed by atoms with Gasteiger partial charge in [-0.3, -0.25) is 4.79 Å². The molecule has 0 aliphatic carbocycles. The molecule has 0 unspecified atom stereocenters. The third kappa shape index (κ3) is 4.07. The van der Waals surface area contributed by atoms with E-state index in [4.69, 9.17) is 4.74 Å². The average molecular weight is 236 g/mol. The van der Waals surface area contributed by atoms with Crippen LogP contribution in [0, 0.1) is 0 Å². The van der Waals surface area contributed by atoms with Crippen LogP contribution in [0.5, 0.6) is 5.75 Å². The molecular formula is C13H20N2O2. The molecule has 1 rings (SSSR count). The largest absolute Gasteiger partial charge is 0.496 e. The fraction of sp³-hybridized carbons (Fsp3) is 0.462. The molecule has 94 valence electrons. The number of methoxy groups -OCH3 is 1. The van der Waals surface area contributed by atoms with E-state index in [1.54, 1.807) is 12.0 Å². The first-order valence-electron chi connectivity index (χ1n) is 5.69. The number of hydrogen-bond acceptors (Lipinski definition) is 3. The van der Waals surface area contributed by atoms with Gasteiger partial charge in [-0.1, -0.05) is 18.2 Å². The van der Waals surface area contributed by atoms with E-state index in [1.807, 2.05) is 38.4 Å². The van der Waals surface area contributed by atoms with Gasteiger partial charge in [-0.05, 0) is 13.1 Å². The minimum Gasteiger partial charge on any atom is -0.496 e. The Hall–Kier alpha value is -1.55. The van der Waals surface area contributed by atoms with E-state index in [9.17, 15) is 4.79 Å². The lowest BCUT2D eigenvalue weighted by Crippen LogP contribution is -2.33. The summed E-state index contributed by atoms with van der Waals surface area (Å²) in [4.78, 5) is 13.7. The zero-order valence-corrected chi connectivity index (χ0v) is 10.7. The minimum absolute atomic E-state index is 0.102. The Morgan fingerprint density at radius 3 is 2.76 bits per heavy atom. The van der Waals surface area contributed by atoms with Crippen molar-refractivity contribution in [3.63, 3.8) is 0 Å². The molecule has 1 amide bonds. The number of carbonyl (C=O) groups excluding carboxylic acids is 1. The number of amides is 1. The standard InChI is InChI=1S/C13H20N2O2/c1-14-8-9-15(2)13(16)10-11-6-4-5-7-12(11)17-3/h4-7,14H,8-10H2,1-3H3. The van der Waals surface area contributed by atoms with Gasteiger partial charge in [-0.2, -0.15) is 0 Å². The number of carbonyl (C=O) groups is 1. The van der Waals surface area contributed by atoms with E-state index in [2.05, 4.69) is 5.32 Å². The van der Waals surface area contributed by atoms with Gasteiger partial charge in [-0.15, -0.1) is 0 Å². The van der Waals surface area contributed by atoms with Gasteiger partial charge in [0, 0.05) is 25.7 Å². The molecule has 0 fully saturated rings. The molecule has 0 heterocycles. The Morgan fingerprint density at radius 1 is 1.41 bits per heavy atom. The molecule has 4 nitrogen and oxygen atoms in total. The Balaban J connectivity index is 2.61. The van der Waals surface area contributed by atoms with Crippen molar-refractivity contribution in [3.8, 4) is 5.75 Å². The van der Waals surface area contributed by atoms with Crippen LogP contribution in [0.3, 0.4) is 0 Å². The van der Waals surface area contributed by atoms with Gasteiger partial charge >= 0.3 is 0 Å². The van der Waals surface area contributed by atoms with Gasteiger partial charge in [0.25, 0.3) is 0 Å². The van der Waals surface area contributed by atoms with Crippen molar-refractivity contribution in [1.29, 1.82) is 0 Å². The summed E-state index contributed by atoms with van der Waals surface area (Å²) in [7, 11) is 5.31. The molecule has 0 aliphatic heterocycles. The lowest BCUT2D eigenvalue weighted by molar-refractivity contribution is -0.129. The Bertz CT molecular complexity index is 366. The van der Waals surface area contributed by atoms with Crippen molar-refractivity contribution >= 4 is 5.91 Å². The highest BCUT2D eigenvalue weighted by molar-refractivity contribution is 5.79. The number of nitrogens with zero attached hydrogens (tertiary/aromatic N) is 1. The van der Waals surface area contributed by atoms with Crippen molar-refractivity contribution in [2.75, 3.05) is 34.3 Å². The quantitative estimate of drug-likeness (QED) is 0.798. The Kier molecular flexibility index (Phi) is 5.49. The van der Waals surface area contributed by atoms with Crippen molar-refractivity contribution < 1.29 is 9.53 Å². The second kappa shape index (κ2) is 6.91. The number of benzene rings is 1. The minimum atomic E-state index is 0.102. The summed E-state index contributed by atoms with van der Waals surface area (Å²) in [5.74, 6) is 0.868. The topological polar surface area (TPSA) is 41.6 Å². The summed E-state index contributed by atoms with van der Waals surface area (Å²) < 4.78 is 5.22. The molecule has 4 heteroatoms. The maximum atomic E-state index is 11.9. The molecule has 1 aromatic rings. The zero-order valence-electron chi connectivity index (χ0n) is 10.7. The molecule has 17 heavy (non-hydrogen) atoms. The van der Waals surface area contributed by atoms with Crippen LogP contribution < -0.4 is 10.1 Å². The molecular weight excluding hydrogens is 216 g/mol. The Morgan fingerprint density at radius 2 is 2.12 bits per heavy atom. The van der Waals surface area contributed by atoms with Gasteiger partial charge in [-0.25, -0.2) is 0 Å². The van der Waals surface area contributed by atoms with E-state index >= 15 is 0 Å². The third-order valence-electron chi connectivity index (χ3n) is 2.66. The predicted octanol–water partition coefficient (Wildman–Crippen LogP) is 0.915. The molecule has 0 radical (unpaired) electrons. The van der Waals surface area contributed by atoms with Crippen molar-refractivity contribution in [2.45, 2.75) is 6.42 Å². The summed E-state index contributed by atoms with van der Waals surface area (Å²) in [5, 5.41) is 3.02. The zero-order chi connectivity index (χ0) is 12.7. The molecule has 1 N–H and O–H groups in total. The van der Waals surface area contributed by atoms with E-state index in [-0.39, 0.29) is 5.91 Å². The number of likely N-dealkylation sites (N-methyl/N-ethyl adjacent to an activating group) is 2. The van der Waals surface area contributed by atoms with E-state index in [1.165, 1.54) is 0 Å². The van der Waals surface area contributed by atoms with Crippen LogP contribution in [0.15, 0.2) is 24.3 Å². The molecule has 0 aromatic heterocycles. The SMILES string of the molecule is CNCCN(C)C(=O)Cc1ccccc1OC. The Labute approximate surface area is 103 Å². The van der Waals surface area contributed by atoms with Crippen LogP contribution in [0.25, 0.3) is 0 Å². The van der Waals surface area contributed by atoms with Gasteiger partial charge in [0.15, 0.2) is 0 Å². The monoisotopic (exact) mass is 236 g/mol. The summed E-state index contributed by atoms with van der Waals surface area (Å²) in [6, 6.07) is 7.61. The average Bonchev–Trinajstić information content (AvgIpc) is 2.36. The normalized spacial score (nSPS) is 10.1. The number of hydrogen-bond donors (Lipinski definition) is 1. The van der Waals surface area contributed by atoms with E-state index in [0.29, 0.717) is 13.0 Å². The van der Waals surface area contributed by atoms with Gasteiger partial charge in [0.2, 0.25) is 5.91 Å². The smallest absolute Gasteiger partial charge is 0.226 e. The first kappa shape index (κ1) is 13.5. The van der Waals surface area contributed by atoms with Crippen molar-refractivity contribution in [3.05, 3.63) is 29.8 Å². The van der Waals surface area contributed by atoms with Crippen LogP contribution in [0.1, 0.15) is 5.56 Å². The predicted molar refractivity (Wildman–Crippen MR) is 68.3 cm³/mol. The molecule has 0 bridgehead atoms. The van der Waals surface area contributed by atoms with E-state index in [0.717, 1.165) is 17.9 Å².